The molecule has 0 amide bonds. The van der Waals surface area contributed by atoms with Gasteiger partial charge in [-0.05, 0) is 54.5 Å². The minimum Gasteiger partial charge on any atom is -0.493 e. The van der Waals surface area contributed by atoms with Crippen LogP contribution in [-0.2, 0) is 19.4 Å². The normalized spacial score (nSPS) is 16.4. The number of nitrogens with two attached hydrogens (primary N) is 1. The number of aromatic nitrogens is 2. The molecule has 114 valence electrons. The van der Waals surface area contributed by atoms with E-state index in [0.29, 0.717) is 11.5 Å². The number of rotatable bonds is 4. The molecule has 0 radical (unpaired) electrons. The maximum atomic E-state index is 12.0. The summed E-state index contributed by atoms with van der Waals surface area (Å²) in [5.74, 6) is 1.63. The van der Waals surface area contributed by atoms with Crippen LogP contribution in [0.1, 0.15) is 29.5 Å². The summed E-state index contributed by atoms with van der Waals surface area (Å²) in [6, 6.07) is 6.13. The molecule has 2 aliphatic rings. The molecule has 22 heavy (non-hydrogen) atoms. The number of H-pyrrole nitrogens is 1. The van der Waals surface area contributed by atoms with E-state index in [-0.39, 0.29) is 12.1 Å². The third kappa shape index (κ3) is 2.31. The van der Waals surface area contributed by atoms with Gasteiger partial charge in [-0.15, -0.1) is 0 Å². The number of aromatic amines is 1. The molecular formula is C17H19N3O2. The smallest absolute Gasteiger partial charge is 0.268 e. The summed E-state index contributed by atoms with van der Waals surface area (Å²) in [6.07, 6.45) is 4.28. The molecule has 0 spiro atoms. The van der Waals surface area contributed by atoms with Gasteiger partial charge in [0.2, 0.25) is 0 Å². The molecule has 2 aromatic rings. The van der Waals surface area contributed by atoms with Crippen LogP contribution in [0.25, 0.3) is 11.3 Å². The Morgan fingerprint density at radius 2 is 2.18 bits per heavy atom. The second-order valence-corrected chi connectivity index (χ2v) is 6.13. The number of nitrogens with one attached hydrogen (secondary N) is 1. The van der Waals surface area contributed by atoms with E-state index in [9.17, 15) is 4.79 Å². The van der Waals surface area contributed by atoms with Gasteiger partial charge in [0, 0.05) is 24.1 Å². The summed E-state index contributed by atoms with van der Waals surface area (Å²) in [5.41, 5.74) is 10.5. The highest BCUT2D eigenvalue weighted by Gasteiger charge is 2.26. The van der Waals surface area contributed by atoms with Crippen LogP contribution in [0.2, 0.25) is 0 Å². The highest BCUT2D eigenvalue weighted by Crippen LogP contribution is 2.37. The van der Waals surface area contributed by atoms with Crippen molar-refractivity contribution in [3.8, 4) is 17.0 Å². The number of nitrogens with zero attached hydrogens (tertiary/aromatic N) is 1. The molecule has 1 aliphatic heterocycles. The van der Waals surface area contributed by atoms with Gasteiger partial charge in [-0.2, -0.15) is 5.10 Å². The Morgan fingerprint density at radius 3 is 2.95 bits per heavy atom. The van der Waals surface area contributed by atoms with E-state index in [2.05, 4.69) is 16.3 Å². The van der Waals surface area contributed by atoms with Gasteiger partial charge >= 0.3 is 0 Å². The Labute approximate surface area is 128 Å². The van der Waals surface area contributed by atoms with Crippen LogP contribution in [0.4, 0.5) is 0 Å². The first-order valence-corrected chi connectivity index (χ1v) is 7.83. The molecule has 5 nitrogen and oxygen atoms in total. The van der Waals surface area contributed by atoms with Crippen molar-refractivity contribution < 1.29 is 4.74 Å². The molecule has 0 atom stereocenters. The van der Waals surface area contributed by atoms with Crippen LogP contribution in [0, 0.1) is 5.92 Å². The molecule has 1 aromatic carbocycles. The third-order valence-corrected chi connectivity index (χ3v) is 4.55. The van der Waals surface area contributed by atoms with Crippen molar-refractivity contribution in [1.82, 2.24) is 10.2 Å². The van der Waals surface area contributed by atoms with E-state index in [4.69, 9.17) is 10.5 Å². The molecule has 1 aromatic heterocycles. The summed E-state index contributed by atoms with van der Waals surface area (Å²) < 4.78 is 5.56. The van der Waals surface area contributed by atoms with Gasteiger partial charge in [0.15, 0.2) is 0 Å². The van der Waals surface area contributed by atoms with E-state index >= 15 is 0 Å². The predicted molar refractivity (Wildman–Crippen MR) is 83.8 cm³/mol. The maximum Gasteiger partial charge on any atom is 0.268 e. The molecule has 5 heteroatoms. The number of benzene rings is 1. The lowest BCUT2D eigenvalue weighted by Crippen LogP contribution is -2.22. The zero-order valence-electron chi connectivity index (χ0n) is 12.4. The zero-order valence-corrected chi connectivity index (χ0v) is 12.4. The lowest BCUT2D eigenvalue weighted by molar-refractivity contribution is 0.357. The molecule has 0 saturated heterocycles. The van der Waals surface area contributed by atoms with E-state index in [1.807, 2.05) is 12.1 Å². The summed E-state index contributed by atoms with van der Waals surface area (Å²) >= 11 is 0. The molecule has 1 aliphatic carbocycles. The minimum atomic E-state index is -0.161. The van der Waals surface area contributed by atoms with Crippen LogP contribution < -0.4 is 16.0 Å². The van der Waals surface area contributed by atoms with Crippen LogP contribution in [0.5, 0.6) is 5.75 Å². The van der Waals surface area contributed by atoms with Crippen molar-refractivity contribution in [2.24, 2.45) is 11.7 Å². The standard InChI is InChI=1S/C17H19N3O2/c18-9-14-13(7-10-1-2-10)16(19-20-17(14)21)12-3-4-15-11(8-12)5-6-22-15/h3-4,8,10H,1-2,5-7,9,18H2,(H,20,21). The van der Waals surface area contributed by atoms with Crippen LogP contribution in [0.15, 0.2) is 23.0 Å². The molecule has 2 heterocycles. The summed E-state index contributed by atoms with van der Waals surface area (Å²) in [6.45, 7) is 0.988. The van der Waals surface area contributed by atoms with Gasteiger partial charge in [0.25, 0.3) is 5.56 Å². The third-order valence-electron chi connectivity index (χ3n) is 4.55. The van der Waals surface area contributed by atoms with Crippen LogP contribution in [-0.4, -0.2) is 16.8 Å². The molecule has 1 saturated carbocycles. The first-order chi connectivity index (χ1) is 10.8. The van der Waals surface area contributed by atoms with Crippen molar-refractivity contribution in [3.05, 3.63) is 45.2 Å². The molecule has 0 unspecified atom stereocenters. The quantitative estimate of drug-likeness (QED) is 0.901. The topological polar surface area (TPSA) is 81.0 Å². The summed E-state index contributed by atoms with van der Waals surface area (Å²) in [7, 11) is 0. The predicted octanol–water partition coefficient (Wildman–Crippen LogP) is 1.78. The van der Waals surface area contributed by atoms with Gasteiger partial charge in [0.05, 0.1) is 12.3 Å². The first kappa shape index (κ1) is 13.5. The molecule has 0 bridgehead atoms. The fourth-order valence-electron chi connectivity index (χ4n) is 3.14. The van der Waals surface area contributed by atoms with E-state index in [1.54, 1.807) is 0 Å². The highest BCUT2D eigenvalue weighted by molar-refractivity contribution is 5.66. The Bertz CT molecular complexity index is 778. The molecule has 1 fully saturated rings. The van der Waals surface area contributed by atoms with Gasteiger partial charge in [-0.25, -0.2) is 5.10 Å². The van der Waals surface area contributed by atoms with Crippen molar-refractivity contribution in [2.75, 3.05) is 6.61 Å². The van der Waals surface area contributed by atoms with E-state index in [0.717, 1.165) is 42.0 Å². The van der Waals surface area contributed by atoms with Crippen LogP contribution in [0.3, 0.4) is 0 Å². The monoisotopic (exact) mass is 297 g/mol. The SMILES string of the molecule is NCc1c(CC2CC2)c(-c2ccc3c(c2)CCO3)n[nH]c1=O. The Morgan fingerprint density at radius 1 is 1.32 bits per heavy atom. The molecule has 3 N–H and O–H groups in total. The van der Waals surface area contributed by atoms with Crippen LogP contribution >= 0.6 is 0 Å². The number of ether oxygens (including phenoxy) is 1. The first-order valence-electron chi connectivity index (χ1n) is 7.83. The number of fused-ring (bicyclic) bond motifs is 1. The fourth-order valence-corrected chi connectivity index (χ4v) is 3.14. The lowest BCUT2D eigenvalue weighted by Gasteiger charge is -2.12. The fraction of sp³-hybridized carbons (Fsp3) is 0.412. The zero-order chi connectivity index (χ0) is 15.1. The summed E-state index contributed by atoms with van der Waals surface area (Å²) in [4.78, 5) is 12.0. The average molecular weight is 297 g/mol. The second kappa shape index (κ2) is 5.25. The van der Waals surface area contributed by atoms with E-state index < -0.39 is 0 Å². The minimum absolute atomic E-state index is 0.161. The van der Waals surface area contributed by atoms with Gasteiger partial charge in [-0.1, -0.05) is 0 Å². The highest BCUT2D eigenvalue weighted by atomic mass is 16.5. The van der Waals surface area contributed by atoms with Crippen molar-refractivity contribution >= 4 is 0 Å². The summed E-state index contributed by atoms with van der Waals surface area (Å²) in [5, 5.41) is 6.93. The van der Waals surface area contributed by atoms with Crippen molar-refractivity contribution in [3.63, 3.8) is 0 Å². The number of hydrogen-bond donors (Lipinski definition) is 2. The Hall–Kier alpha value is -2.14. The maximum absolute atomic E-state index is 12.0. The molecule has 4 rings (SSSR count). The van der Waals surface area contributed by atoms with Gasteiger partial charge in [0.1, 0.15) is 5.75 Å². The van der Waals surface area contributed by atoms with Crippen molar-refractivity contribution in [2.45, 2.75) is 32.2 Å². The van der Waals surface area contributed by atoms with Crippen molar-refractivity contribution in [1.29, 1.82) is 0 Å². The second-order valence-electron chi connectivity index (χ2n) is 6.13. The Balaban J connectivity index is 1.84. The largest absolute Gasteiger partial charge is 0.493 e. The van der Waals surface area contributed by atoms with Gasteiger partial charge in [-0.3, -0.25) is 4.79 Å². The van der Waals surface area contributed by atoms with E-state index in [1.165, 1.54) is 18.4 Å². The molecular weight excluding hydrogens is 278 g/mol. The average Bonchev–Trinajstić information content (AvgIpc) is 3.22. The van der Waals surface area contributed by atoms with Gasteiger partial charge < -0.3 is 10.5 Å². The Kier molecular flexibility index (Phi) is 3.22. The lowest BCUT2D eigenvalue weighted by atomic mass is 9.96. The number of hydrogen-bond acceptors (Lipinski definition) is 4.